The number of imidazole rings is 1. The van der Waals surface area contributed by atoms with E-state index in [1.54, 1.807) is 30.7 Å². The first-order valence-electron chi connectivity index (χ1n) is 12.0. The molecule has 178 valence electrons. The van der Waals surface area contributed by atoms with Gasteiger partial charge in [0.2, 0.25) is 0 Å². The fourth-order valence-electron chi connectivity index (χ4n) is 4.93. The van der Waals surface area contributed by atoms with Gasteiger partial charge >= 0.3 is 0 Å². The van der Waals surface area contributed by atoms with Crippen molar-refractivity contribution in [1.82, 2.24) is 24.4 Å². The monoisotopic (exact) mass is 477 g/mol. The quantitative estimate of drug-likeness (QED) is 0.344. The highest BCUT2D eigenvalue weighted by Crippen LogP contribution is 2.30. The van der Waals surface area contributed by atoms with Crippen LogP contribution in [0.2, 0.25) is 0 Å². The summed E-state index contributed by atoms with van der Waals surface area (Å²) in [6.07, 6.45) is 8.08. The standard InChI is InChI=1S/C29H24FN5O/c30-25-8-5-20(6-9-25)18-35-27-10-7-21(15-26(27)33-28(35)23-4-2-13-32-17-23)29(36)34-14-11-24(19-34)22-3-1-12-31-16-22/h1-10,12-13,15-17,24H,11,14,18-19H2. The molecule has 1 aliphatic rings. The summed E-state index contributed by atoms with van der Waals surface area (Å²) >= 11 is 0. The van der Waals surface area contributed by atoms with Crippen molar-refractivity contribution >= 4 is 16.9 Å². The van der Waals surface area contributed by atoms with Gasteiger partial charge in [-0.1, -0.05) is 18.2 Å². The highest BCUT2D eigenvalue weighted by molar-refractivity contribution is 5.98. The third-order valence-corrected chi connectivity index (χ3v) is 6.80. The van der Waals surface area contributed by atoms with E-state index in [0.29, 0.717) is 24.6 Å². The molecule has 0 saturated carbocycles. The van der Waals surface area contributed by atoms with Gasteiger partial charge in [-0.15, -0.1) is 0 Å². The van der Waals surface area contributed by atoms with E-state index in [1.807, 2.05) is 47.5 Å². The minimum atomic E-state index is -0.266. The Labute approximate surface area is 208 Å². The third-order valence-electron chi connectivity index (χ3n) is 6.80. The Kier molecular flexibility index (Phi) is 5.73. The minimum Gasteiger partial charge on any atom is -0.338 e. The van der Waals surface area contributed by atoms with E-state index < -0.39 is 0 Å². The number of halogens is 1. The molecule has 1 atom stereocenters. The van der Waals surface area contributed by atoms with E-state index in [9.17, 15) is 9.18 Å². The van der Waals surface area contributed by atoms with Gasteiger partial charge in [-0.3, -0.25) is 14.8 Å². The molecule has 0 bridgehead atoms. The summed E-state index contributed by atoms with van der Waals surface area (Å²) in [4.78, 5) is 28.7. The van der Waals surface area contributed by atoms with Crippen molar-refractivity contribution < 1.29 is 9.18 Å². The Hall–Kier alpha value is -4.39. The summed E-state index contributed by atoms with van der Waals surface area (Å²) in [5.41, 5.74) is 5.28. The number of hydrogen-bond donors (Lipinski definition) is 0. The number of aromatic nitrogens is 4. The van der Waals surface area contributed by atoms with E-state index >= 15 is 0 Å². The van der Waals surface area contributed by atoms with Gasteiger partial charge in [0.1, 0.15) is 11.6 Å². The average molecular weight is 478 g/mol. The lowest BCUT2D eigenvalue weighted by Crippen LogP contribution is -2.28. The van der Waals surface area contributed by atoms with Crippen LogP contribution in [0.25, 0.3) is 22.4 Å². The van der Waals surface area contributed by atoms with Crippen LogP contribution >= 0.6 is 0 Å². The highest BCUT2D eigenvalue weighted by atomic mass is 19.1. The summed E-state index contributed by atoms with van der Waals surface area (Å²) in [5.74, 6) is 0.806. The summed E-state index contributed by atoms with van der Waals surface area (Å²) in [6, 6.07) is 20.0. The van der Waals surface area contributed by atoms with Gasteiger partial charge in [0.05, 0.1) is 11.0 Å². The van der Waals surface area contributed by atoms with Gasteiger partial charge < -0.3 is 9.47 Å². The molecular weight excluding hydrogens is 453 g/mol. The van der Waals surface area contributed by atoms with Crippen molar-refractivity contribution in [3.63, 3.8) is 0 Å². The van der Waals surface area contributed by atoms with Gasteiger partial charge in [-0.25, -0.2) is 9.37 Å². The van der Waals surface area contributed by atoms with E-state index in [1.165, 1.54) is 17.7 Å². The summed E-state index contributed by atoms with van der Waals surface area (Å²) in [5, 5.41) is 0. The second-order valence-corrected chi connectivity index (χ2v) is 9.12. The zero-order valence-electron chi connectivity index (χ0n) is 19.6. The molecular formula is C29H24FN5O. The maximum absolute atomic E-state index is 13.5. The van der Waals surface area contributed by atoms with Crippen LogP contribution in [0.4, 0.5) is 4.39 Å². The third kappa shape index (κ3) is 4.24. The first-order chi connectivity index (χ1) is 17.7. The van der Waals surface area contributed by atoms with Crippen LogP contribution in [0.15, 0.2) is 91.5 Å². The summed E-state index contributed by atoms with van der Waals surface area (Å²) in [7, 11) is 0. The predicted molar refractivity (Wildman–Crippen MR) is 136 cm³/mol. The largest absolute Gasteiger partial charge is 0.338 e. The molecule has 0 radical (unpaired) electrons. The van der Waals surface area contributed by atoms with Crippen LogP contribution in [0.5, 0.6) is 0 Å². The Morgan fingerprint density at radius 1 is 0.972 bits per heavy atom. The molecule has 1 aliphatic heterocycles. The normalized spacial score (nSPS) is 15.5. The molecule has 3 aromatic heterocycles. The number of likely N-dealkylation sites (tertiary alicyclic amines) is 1. The fourth-order valence-corrected chi connectivity index (χ4v) is 4.93. The number of nitrogens with zero attached hydrogens (tertiary/aromatic N) is 5. The zero-order valence-corrected chi connectivity index (χ0v) is 19.6. The number of carbonyl (C=O) groups is 1. The van der Waals surface area contributed by atoms with Gasteiger partial charge in [0, 0.05) is 61.5 Å². The number of hydrogen-bond acceptors (Lipinski definition) is 4. The zero-order chi connectivity index (χ0) is 24.5. The first-order valence-corrected chi connectivity index (χ1v) is 12.0. The maximum atomic E-state index is 13.5. The second kappa shape index (κ2) is 9.34. The SMILES string of the molecule is O=C(c1ccc2c(c1)nc(-c1cccnc1)n2Cc1ccc(F)cc1)N1CCC(c2cccnc2)C1. The van der Waals surface area contributed by atoms with Crippen molar-refractivity contribution in [3.05, 3.63) is 114 Å². The van der Waals surface area contributed by atoms with E-state index in [2.05, 4.69) is 20.6 Å². The van der Waals surface area contributed by atoms with E-state index in [4.69, 9.17) is 4.98 Å². The number of benzene rings is 2. The molecule has 1 fully saturated rings. The Balaban J connectivity index is 1.33. The van der Waals surface area contributed by atoms with Crippen molar-refractivity contribution in [2.24, 2.45) is 0 Å². The van der Waals surface area contributed by atoms with Gasteiger partial charge in [0.25, 0.3) is 5.91 Å². The number of amides is 1. The Morgan fingerprint density at radius 2 is 1.78 bits per heavy atom. The lowest BCUT2D eigenvalue weighted by Gasteiger charge is -2.17. The van der Waals surface area contributed by atoms with Crippen molar-refractivity contribution in [3.8, 4) is 11.4 Å². The summed E-state index contributed by atoms with van der Waals surface area (Å²) < 4.78 is 15.6. The van der Waals surface area contributed by atoms with Crippen LogP contribution in [-0.2, 0) is 6.54 Å². The molecule has 2 aromatic carbocycles. The molecule has 5 aromatic rings. The van der Waals surface area contributed by atoms with Crippen molar-refractivity contribution in [1.29, 1.82) is 0 Å². The molecule has 6 rings (SSSR count). The molecule has 7 heteroatoms. The van der Waals surface area contributed by atoms with Gasteiger partial charge in [0.15, 0.2) is 0 Å². The highest BCUT2D eigenvalue weighted by Gasteiger charge is 2.28. The van der Waals surface area contributed by atoms with E-state index in [0.717, 1.165) is 41.0 Å². The molecule has 36 heavy (non-hydrogen) atoms. The predicted octanol–water partition coefficient (Wildman–Crippen LogP) is 5.31. The number of rotatable bonds is 5. The lowest BCUT2D eigenvalue weighted by atomic mass is 10.0. The van der Waals surface area contributed by atoms with E-state index in [-0.39, 0.29) is 11.7 Å². The first kappa shape index (κ1) is 22.1. The Bertz CT molecular complexity index is 1520. The minimum absolute atomic E-state index is 0.0132. The molecule has 4 heterocycles. The van der Waals surface area contributed by atoms with Crippen LogP contribution in [0, 0.1) is 5.82 Å². The van der Waals surface area contributed by atoms with Crippen LogP contribution < -0.4 is 0 Å². The molecule has 1 unspecified atom stereocenters. The molecule has 0 N–H and O–H groups in total. The van der Waals surface area contributed by atoms with Crippen molar-refractivity contribution in [2.45, 2.75) is 18.9 Å². The van der Waals surface area contributed by atoms with Crippen LogP contribution in [-0.4, -0.2) is 43.4 Å². The van der Waals surface area contributed by atoms with Gasteiger partial charge in [-0.05, 0) is 66.1 Å². The van der Waals surface area contributed by atoms with Crippen LogP contribution in [0.1, 0.15) is 33.8 Å². The smallest absolute Gasteiger partial charge is 0.253 e. The molecule has 0 aliphatic carbocycles. The Morgan fingerprint density at radius 3 is 2.53 bits per heavy atom. The molecule has 1 amide bonds. The molecule has 6 nitrogen and oxygen atoms in total. The van der Waals surface area contributed by atoms with Crippen LogP contribution in [0.3, 0.4) is 0 Å². The number of fused-ring (bicyclic) bond motifs is 1. The second-order valence-electron chi connectivity index (χ2n) is 9.12. The number of carbonyl (C=O) groups excluding carboxylic acids is 1. The fraction of sp³-hybridized carbons (Fsp3) is 0.172. The average Bonchev–Trinajstić information content (AvgIpc) is 3.56. The maximum Gasteiger partial charge on any atom is 0.253 e. The molecule has 1 saturated heterocycles. The molecule has 0 spiro atoms. The van der Waals surface area contributed by atoms with Gasteiger partial charge in [-0.2, -0.15) is 0 Å². The lowest BCUT2D eigenvalue weighted by molar-refractivity contribution is 0.0791. The summed E-state index contributed by atoms with van der Waals surface area (Å²) in [6.45, 7) is 1.92. The number of pyridine rings is 2. The topological polar surface area (TPSA) is 63.9 Å². The van der Waals surface area contributed by atoms with Crippen molar-refractivity contribution in [2.75, 3.05) is 13.1 Å².